The highest BCUT2D eigenvalue weighted by molar-refractivity contribution is 5.60. The van der Waals surface area contributed by atoms with E-state index >= 15 is 0 Å². The molecule has 0 saturated heterocycles. The van der Waals surface area contributed by atoms with Crippen LogP contribution in [0.15, 0.2) is 41.5 Å². The summed E-state index contributed by atoms with van der Waals surface area (Å²) in [6.07, 6.45) is 1.36. The van der Waals surface area contributed by atoms with Gasteiger partial charge >= 0.3 is 0 Å². The minimum atomic E-state index is -0.310. The highest BCUT2D eigenvalue weighted by Gasteiger charge is 2.09. The Hall–Kier alpha value is -2.30. The number of aromatic amines is 1. The standard InChI is InChI=1S/C12H14N4O/c1-16(7-9-5-3-2-4-6-9)11-10(13)12(17)15-8-14-11/h2-6,8H,7,13H2,1H3,(H,14,15,17). The molecule has 0 aliphatic heterocycles. The SMILES string of the molecule is CN(Cc1ccccc1)c1nc[nH]c(=O)c1N. The van der Waals surface area contributed by atoms with Gasteiger partial charge in [-0.25, -0.2) is 4.98 Å². The van der Waals surface area contributed by atoms with Crippen LogP contribution in [-0.4, -0.2) is 17.0 Å². The van der Waals surface area contributed by atoms with Crippen molar-refractivity contribution < 1.29 is 0 Å². The molecule has 0 amide bonds. The molecular weight excluding hydrogens is 216 g/mol. The zero-order valence-corrected chi connectivity index (χ0v) is 9.55. The average molecular weight is 230 g/mol. The van der Waals surface area contributed by atoms with Gasteiger partial charge in [-0.15, -0.1) is 0 Å². The average Bonchev–Trinajstić information content (AvgIpc) is 2.34. The van der Waals surface area contributed by atoms with Crippen LogP contribution in [0.5, 0.6) is 0 Å². The van der Waals surface area contributed by atoms with Gasteiger partial charge in [0.1, 0.15) is 5.69 Å². The van der Waals surface area contributed by atoms with Crippen molar-refractivity contribution >= 4 is 11.5 Å². The van der Waals surface area contributed by atoms with Crippen molar-refractivity contribution in [3.05, 3.63) is 52.6 Å². The molecule has 0 fully saturated rings. The second kappa shape index (κ2) is 4.69. The molecule has 1 aromatic carbocycles. The number of nitrogens with one attached hydrogen (secondary N) is 1. The third kappa shape index (κ3) is 2.44. The molecule has 5 nitrogen and oxygen atoms in total. The maximum atomic E-state index is 11.3. The molecule has 17 heavy (non-hydrogen) atoms. The zero-order valence-electron chi connectivity index (χ0n) is 9.55. The lowest BCUT2D eigenvalue weighted by Crippen LogP contribution is -2.23. The largest absolute Gasteiger partial charge is 0.391 e. The molecule has 1 heterocycles. The summed E-state index contributed by atoms with van der Waals surface area (Å²) in [4.78, 5) is 19.7. The lowest BCUT2D eigenvalue weighted by Gasteiger charge is -2.18. The molecule has 5 heteroatoms. The summed E-state index contributed by atoms with van der Waals surface area (Å²) in [5, 5.41) is 0. The molecular formula is C12H14N4O. The molecule has 0 spiro atoms. The summed E-state index contributed by atoms with van der Waals surface area (Å²) in [6, 6.07) is 9.93. The predicted octanol–water partition coefficient (Wildman–Crippen LogP) is 0.988. The summed E-state index contributed by atoms with van der Waals surface area (Å²) < 4.78 is 0. The number of benzene rings is 1. The van der Waals surface area contributed by atoms with Crippen LogP contribution in [0.4, 0.5) is 11.5 Å². The Kier molecular flexibility index (Phi) is 3.09. The first-order valence-electron chi connectivity index (χ1n) is 5.26. The quantitative estimate of drug-likeness (QED) is 0.824. The van der Waals surface area contributed by atoms with Crippen molar-refractivity contribution in [1.82, 2.24) is 9.97 Å². The van der Waals surface area contributed by atoms with Crippen molar-refractivity contribution in [2.45, 2.75) is 6.54 Å². The summed E-state index contributed by atoms with van der Waals surface area (Å²) in [5.74, 6) is 0.498. The van der Waals surface area contributed by atoms with Crippen molar-refractivity contribution in [2.75, 3.05) is 17.7 Å². The van der Waals surface area contributed by atoms with Crippen LogP contribution in [0.3, 0.4) is 0 Å². The van der Waals surface area contributed by atoms with Crippen LogP contribution < -0.4 is 16.2 Å². The fourth-order valence-corrected chi connectivity index (χ4v) is 1.64. The number of nitrogens with two attached hydrogens (primary N) is 1. The second-order valence-electron chi connectivity index (χ2n) is 3.81. The Morgan fingerprint density at radius 3 is 2.76 bits per heavy atom. The van der Waals surface area contributed by atoms with E-state index in [0.717, 1.165) is 5.56 Å². The molecule has 0 aliphatic carbocycles. The van der Waals surface area contributed by atoms with Gasteiger partial charge in [0.2, 0.25) is 0 Å². The molecule has 1 aromatic heterocycles. The number of nitrogen functional groups attached to an aromatic ring is 1. The first-order valence-corrected chi connectivity index (χ1v) is 5.26. The van der Waals surface area contributed by atoms with E-state index in [1.165, 1.54) is 6.33 Å². The number of hydrogen-bond acceptors (Lipinski definition) is 4. The zero-order chi connectivity index (χ0) is 12.3. The Morgan fingerprint density at radius 1 is 1.35 bits per heavy atom. The van der Waals surface area contributed by atoms with Crippen LogP contribution >= 0.6 is 0 Å². The van der Waals surface area contributed by atoms with Crippen molar-refractivity contribution in [1.29, 1.82) is 0 Å². The molecule has 0 aliphatic rings. The van der Waals surface area contributed by atoms with Gasteiger partial charge in [0.05, 0.1) is 6.33 Å². The van der Waals surface area contributed by atoms with E-state index in [9.17, 15) is 4.79 Å². The highest BCUT2D eigenvalue weighted by atomic mass is 16.1. The summed E-state index contributed by atoms with van der Waals surface area (Å²) in [5.41, 5.74) is 6.66. The molecule has 2 aromatic rings. The molecule has 88 valence electrons. The van der Waals surface area contributed by atoms with Gasteiger partial charge in [0, 0.05) is 13.6 Å². The summed E-state index contributed by atoms with van der Waals surface area (Å²) in [6.45, 7) is 0.654. The van der Waals surface area contributed by atoms with E-state index in [-0.39, 0.29) is 11.2 Å². The van der Waals surface area contributed by atoms with E-state index in [1.54, 1.807) is 0 Å². The lowest BCUT2D eigenvalue weighted by molar-refractivity contribution is 0.890. The Bertz CT molecular complexity index is 550. The molecule has 0 radical (unpaired) electrons. The topological polar surface area (TPSA) is 75.0 Å². The van der Waals surface area contributed by atoms with E-state index in [0.29, 0.717) is 12.4 Å². The van der Waals surface area contributed by atoms with Gasteiger partial charge in [0.25, 0.3) is 5.56 Å². The monoisotopic (exact) mass is 230 g/mol. The summed E-state index contributed by atoms with van der Waals surface area (Å²) >= 11 is 0. The number of H-pyrrole nitrogens is 1. The number of hydrogen-bond donors (Lipinski definition) is 2. The van der Waals surface area contributed by atoms with E-state index < -0.39 is 0 Å². The number of aromatic nitrogens is 2. The molecule has 0 bridgehead atoms. The van der Waals surface area contributed by atoms with Gasteiger partial charge in [-0.05, 0) is 5.56 Å². The smallest absolute Gasteiger partial charge is 0.276 e. The molecule has 0 unspecified atom stereocenters. The Morgan fingerprint density at radius 2 is 2.06 bits per heavy atom. The third-order valence-corrected chi connectivity index (χ3v) is 2.49. The molecule has 0 saturated carbocycles. The first-order chi connectivity index (χ1) is 8.18. The molecule has 2 rings (SSSR count). The van der Waals surface area contributed by atoms with Crippen LogP contribution in [0.25, 0.3) is 0 Å². The van der Waals surface area contributed by atoms with E-state index in [2.05, 4.69) is 9.97 Å². The van der Waals surface area contributed by atoms with Crippen molar-refractivity contribution in [2.24, 2.45) is 0 Å². The van der Waals surface area contributed by atoms with Gasteiger partial charge in [-0.2, -0.15) is 0 Å². The minimum absolute atomic E-state index is 0.144. The Balaban J connectivity index is 2.23. The second-order valence-corrected chi connectivity index (χ2v) is 3.81. The summed E-state index contributed by atoms with van der Waals surface area (Å²) in [7, 11) is 1.85. The number of nitrogens with zero attached hydrogens (tertiary/aromatic N) is 2. The predicted molar refractivity (Wildman–Crippen MR) is 67.8 cm³/mol. The molecule has 0 atom stereocenters. The van der Waals surface area contributed by atoms with E-state index in [4.69, 9.17) is 5.73 Å². The van der Waals surface area contributed by atoms with Gasteiger partial charge in [-0.3, -0.25) is 4.79 Å². The first kappa shape index (κ1) is 11.2. The van der Waals surface area contributed by atoms with Crippen LogP contribution in [-0.2, 0) is 6.54 Å². The fraction of sp³-hybridized carbons (Fsp3) is 0.167. The van der Waals surface area contributed by atoms with Crippen LogP contribution in [0.2, 0.25) is 0 Å². The number of rotatable bonds is 3. The lowest BCUT2D eigenvalue weighted by atomic mass is 10.2. The maximum Gasteiger partial charge on any atom is 0.276 e. The van der Waals surface area contributed by atoms with Gasteiger partial charge < -0.3 is 15.6 Å². The Labute approximate surface area is 98.9 Å². The van der Waals surface area contributed by atoms with Gasteiger partial charge in [0.15, 0.2) is 5.82 Å². The maximum absolute atomic E-state index is 11.3. The third-order valence-electron chi connectivity index (χ3n) is 2.49. The van der Waals surface area contributed by atoms with E-state index in [1.807, 2.05) is 42.3 Å². The molecule has 3 N–H and O–H groups in total. The van der Waals surface area contributed by atoms with Crippen molar-refractivity contribution in [3.63, 3.8) is 0 Å². The number of anilines is 2. The van der Waals surface area contributed by atoms with Crippen molar-refractivity contribution in [3.8, 4) is 0 Å². The van der Waals surface area contributed by atoms with Gasteiger partial charge in [-0.1, -0.05) is 30.3 Å². The van der Waals surface area contributed by atoms with Crippen LogP contribution in [0.1, 0.15) is 5.56 Å². The highest BCUT2D eigenvalue weighted by Crippen LogP contribution is 2.15. The fourth-order valence-electron chi connectivity index (χ4n) is 1.64. The van der Waals surface area contributed by atoms with Crippen LogP contribution in [0, 0.1) is 0 Å². The normalized spacial score (nSPS) is 10.2. The minimum Gasteiger partial charge on any atom is -0.391 e.